The molecule has 3 amide bonds. The highest BCUT2D eigenvalue weighted by Crippen LogP contribution is 2.37. The number of piperidine rings is 1. The van der Waals surface area contributed by atoms with Gasteiger partial charge in [0.1, 0.15) is 0 Å². The van der Waals surface area contributed by atoms with E-state index in [1.807, 2.05) is 47.4 Å². The normalized spacial score (nSPS) is 21.1. The number of amides is 3. The lowest BCUT2D eigenvalue weighted by atomic mass is 9.95. The summed E-state index contributed by atoms with van der Waals surface area (Å²) in [5.74, 6) is -0.348. The van der Waals surface area contributed by atoms with Crippen molar-refractivity contribution in [3.63, 3.8) is 0 Å². The lowest BCUT2D eigenvalue weighted by molar-refractivity contribution is -0.137. The maximum absolute atomic E-state index is 13.1. The lowest BCUT2D eigenvalue weighted by Gasteiger charge is -2.35. The van der Waals surface area contributed by atoms with Crippen LogP contribution in [-0.2, 0) is 20.8 Å². The van der Waals surface area contributed by atoms with E-state index in [1.165, 1.54) is 17.3 Å². The van der Waals surface area contributed by atoms with E-state index in [0.29, 0.717) is 25.9 Å². The molecular formula is C23H23N3O3S. The number of fused-ring (bicyclic) bond motifs is 2. The first-order chi connectivity index (χ1) is 14.6. The maximum Gasteiger partial charge on any atom is 0.247 e. The Morgan fingerprint density at radius 1 is 0.933 bits per heavy atom. The Morgan fingerprint density at radius 3 is 2.50 bits per heavy atom. The van der Waals surface area contributed by atoms with Crippen LogP contribution < -0.4 is 10.2 Å². The zero-order chi connectivity index (χ0) is 20.7. The van der Waals surface area contributed by atoms with Crippen molar-refractivity contribution in [3.8, 4) is 0 Å². The smallest absolute Gasteiger partial charge is 0.247 e. The first-order valence-corrected chi connectivity index (χ1v) is 11.2. The molecule has 0 aliphatic carbocycles. The predicted octanol–water partition coefficient (Wildman–Crippen LogP) is 2.93. The summed E-state index contributed by atoms with van der Waals surface area (Å²) in [6, 6.07) is 15.6. The van der Waals surface area contributed by atoms with E-state index in [-0.39, 0.29) is 23.6 Å². The zero-order valence-electron chi connectivity index (χ0n) is 16.5. The summed E-state index contributed by atoms with van der Waals surface area (Å²) in [5.41, 5.74) is 3.00. The average Bonchev–Trinajstić information content (AvgIpc) is 3.22. The number of para-hydroxylation sites is 2. The monoisotopic (exact) mass is 421 g/mol. The number of hydrogen-bond donors (Lipinski definition) is 1. The third-order valence-electron chi connectivity index (χ3n) is 6.16. The molecule has 1 N–H and O–H groups in total. The number of thioether (sulfide) groups is 1. The van der Waals surface area contributed by atoms with E-state index in [9.17, 15) is 14.4 Å². The largest absolute Gasteiger partial charge is 0.341 e. The number of anilines is 2. The Bertz CT molecular complexity index is 1020. The molecule has 3 aliphatic rings. The number of rotatable bonds is 2. The van der Waals surface area contributed by atoms with Crippen molar-refractivity contribution < 1.29 is 14.4 Å². The van der Waals surface area contributed by atoms with Crippen LogP contribution in [0.15, 0.2) is 53.4 Å². The third kappa shape index (κ3) is 3.37. The standard InChI is InChI=1S/C23H23N3O3S/c27-21-20(30-19-8-4-2-6-17(19)24-21)23(29)25-12-9-16(10-13-25)22(28)26-14-11-15-5-1-3-7-18(15)26/h1-8,16,20H,9-14H2,(H,24,27). The summed E-state index contributed by atoms with van der Waals surface area (Å²) < 4.78 is 0. The van der Waals surface area contributed by atoms with Crippen LogP contribution in [0.3, 0.4) is 0 Å². The highest BCUT2D eigenvalue weighted by Gasteiger charge is 2.39. The van der Waals surface area contributed by atoms with Crippen molar-refractivity contribution in [1.29, 1.82) is 0 Å². The molecule has 1 saturated heterocycles. The fourth-order valence-corrected chi connectivity index (χ4v) is 5.59. The van der Waals surface area contributed by atoms with Gasteiger partial charge in [0, 0.05) is 36.1 Å². The van der Waals surface area contributed by atoms with Crippen LogP contribution in [-0.4, -0.2) is 47.5 Å². The molecule has 0 aromatic heterocycles. The molecule has 1 atom stereocenters. The molecule has 5 rings (SSSR count). The van der Waals surface area contributed by atoms with E-state index in [4.69, 9.17) is 0 Å². The molecule has 3 aliphatic heterocycles. The van der Waals surface area contributed by atoms with Crippen molar-refractivity contribution >= 4 is 40.9 Å². The minimum Gasteiger partial charge on any atom is -0.341 e. The molecule has 154 valence electrons. The average molecular weight is 422 g/mol. The number of benzene rings is 2. The molecule has 7 heteroatoms. The van der Waals surface area contributed by atoms with E-state index < -0.39 is 5.25 Å². The van der Waals surface area contributed by atoms with Crippen LogP contribution >= 0.6 is 11.8 Å². The number of nitrogens with zero attached hydrogens (tertiary/aromatic N) is 2. The van der Waals surface area contributed by atoms with Gasteiger partial charge in [-0.1, -0.05) is 30.3 Å². The minimum absolute atomic E-state index is 0.0752. The Morgan fingerprint density at radius 2 is 1.67 bits per heavy atom. The van der Waals surface area contributed by atoms with E-state index in [2.05, 4.69) is 11.4 Å². The summed E-state index contributed by atoms with van der Waals surface area (Å²) in [7, 11) is 0. The van der Waals surface area contributed by atoms with Crippen LogP contribution in [0.5, 0.6) is 0 Å². The van der Waals surface area contributed by atoms with Crippen molar-refractivity contribution in [2.45, 2.75) is 29.4 Å². The van der Waals surface area contributed by atoms with Gasteiger partial charge in [0.2, 0.25) is 17.7 Å². The number of hydrogen-bond acceptors (Lipinski definition) is 4. The molecule has 0 radical (unpaired) electrons. The Kier molecular flexibility index (Phi) is 4.98. The highest BCUT2D eigenvalue weighted by molar-refractivity contribution is 8.01. The van der Waals surface area contributed by atoms with Gasteiger partial charge >= 0.3 is 0 Å². The SMILES string of the molecule is O=C1Nc2ccccc2SC1C(=O)N1CCC(C(=O)N2CCc3ccccc32)CC1. The quantitative estimate of drug-likeness (QED) is 0.757. The van der Waals surface area contributed by atoms with Gasteiger partial charge in [-0.2, -0.15) is 0 Å². The summed E-state index contributed by atoms with van der Waals surface area (Å²) in [6.07, 6.45) is 2.17. The number of likely N-dealkylation sites (tertiary alicyclic amines) is 1. The van der Waals surface area contributed by atoms with Crippen LogP contribution in [0.4, 0.5) is 11.4 Å². The van der Waals surface area contributed by atoms with E-state index >= 15 is 0 Å². The zero-order valence-corrected chi connectivity index (χ0v) is 17.4. The Labute approximate surface area is 179 Å². The fraction of sp³-hybridized carbons (Fsp3) is 0.348. The molecule has 30 heavy (non-hydrogen) atoms. The second kappa shape index (κ2) is 7.80. The first-order valence-electron chi connectivity index (χ1n) is 10.4. The van der Waals surface area contributed by atoms with Crippen LogP contribution in [0.25, 0.3) is 0 Å². The van der Waals surface area contributed by atoms with E-state index in [0.717, 1.165) is 29.2 Å². The molecule has 0 saturated carbocycles. The van der Waals surface area contributed by atoms with Crippen molar-refractivity contribution in [2.75, 3.05) is 29.9 Å². The second-order valence-corrected chi connectivity index (χ2v) is 9.10. The number of carbonyl (C=O) groups is 3. The van der Waals surface area contributed by atoms with Gasteiger partial charge in [-0.15, -0.1) is 11.8 Å². The van der Waals surface area contributed by atoms with Gasteiger partial charge in [0.25, 0.3) is 0 Å². The lowest BCUT2D eigenvalue weighted by Crippen LogP contribution is -2.49. The van der Waals surface area contributed by atoms with Crippen molar-refractivity contribution in [2.24, 2.45) is 5.92 Å². The Hall–Kier alpha value is -2.80. The number of nitrogens with one attached hydrogen (secondary N) is 1. The molecule has 0 spiro atoms. The first kappa shape index (κ1) is 19.2. The summed E-state index contributed by atoms with van der Waals surface area (Å²) in [5, 5.41) is 2.07. The molecule has 6 nitrogen and oxygen atoms in total. The third-order valence-corrected chi connectivity index (χ3v) is 7.42. The van der Waals surface area contributed by atoms with Gasteiger partial charge < -0.3 is 15.1 Å². The van der Waals surface area contributed by atoms with Gasteiger partial charge in [-0.3, -0.25) is 14.4 Å². The highest BCUT2D eigenvalue weighted by atomic mass is 32.2. The molecule has 1 fully saturated rings. The van der Waals surface area contributed by atoms with Crippen LogP contribution in [0.1, 0.15) is 18.4 Å². The molecular weight excluding hydrogens is 398 g/mol. The van der Waals surface area contributed by atoms with Gasteiger partial charge in [-0.25, -0.2) is 0 Å². The molecule has 0 bridgehead atoms. The fourth-order valence-electron chi connectivity index (χ4n) is 4.51. The summed E-state index contributed by atoms with van der Waals surface area (Å²) >= 11 is 1.31. The van der Waals surface area contributed by atoms with Gasteiger partial charge in [-0.05, 0) is 43.0 Å². The minimum atomic E-state index is -0.766. The van der Waals surface area contributed by atoms with Crippen LogP contribution in [0.2, 0.25) is 0 Å². The molecule has 2 aromatic rings. The van der Waals surface area contributed by atoms with E-state index in [1.54, 1.807) is 4.90 Å². The second-order valence-electron chi connectivity index (χ2n) is 7.95. The van der Waals surface area contributed by atoms with Crippen molar-refractivity contribution in [1.82, 2.24) is 4.90 Å². The Balaban J connectivity index is 1.22. The summed E-state index contributed by atoms with van der Waals surface area (Å²) in [4.78, 5) is 43.1. The molecule has 2 aromatic carbocycles. The van der Waals surface area contributed by atoms with Gasteiger partial charge in [0.15, 0.2) is 5.25 Å². The topological polar surface area (TPSA) is 69.7 Å². The number of carbonyl (C=O) groups excluding carboxylic acids is 3. The van der Waals surface area contributed by atoms with Crippen molar-refractivity contribution in [3.05, 3.63) is 54.1 Å². The summed E-state index contributed by atoms with van der Waals surface area (Å²) in [6.45, 7) is 1.75. The molecule has 1 unspecified atom stereocenters. The van der Waals surface area contributed by atoms with Crippen LogP contribution in [0, 0.1) is 5.92 Å². The maximum atomic E-state index is 13.1. The molecule has 3 heterocycles. The predicted molar refractivity (Wildman–Crippen MR) is 117 cm³/mol. The van der Waals surface area contributed by atoms with Gasteiger partial charge in [0.05, 0.1) is 5.69 Å².